The molecule has 0 saturated heterocycles. The fourth-order valence-corrected chi connectivity index (χ4v) is 3.72. The standard InChI is InChI=1S/C29H30N8.Pt/c1-28(2,3)25-32-26(29(4,5)6)34-27(33-25)37(23-13-7-11-21(19-23)35-17-9-15-30-35)24-14-8-12-22(20-24)36-18-10-16-31-36;/h7-18H,1-6H3;/q-2;+2. The predicted octanol–water partition coefficient (Wildman–Crippen LogP) is 5.91. The maximum Gasteiger partial charge on any atom is 2.00 e. The van der Waals surface area contributed by atoms with Crippen LogP contribution in [0.3, 0.4) is 0 Å². The van der Waals surface area contributed by atoms with Crippen molar-refractivity contribution in [3.63, 3.8) is 0 Å². The fraction of sp³-hybridized carbons (Fsp3) is 0.276. The second-order valence-corrected chi connectivity index (χ2v) is 10.9. The minimum atomic E-state index is -0.273. The van der Waals surface area contributed by atoms with Crippen LogP contribution < -0.4 is 4.90 Å². The van der Waals surface area contributed by atoms with Gasteiger partial charge in [0.15, 0.2) is 0 Å². The van der Waals surface area contributed by atoms with E-state index in [2.05, 4.69) is 63.9 Å². The normalized spacial score (nSPS) is 11.7. The summed E-state index contributed by atoms with van der Waals surface area (Å²) in [6.45, 7) is 12.7. The van der Waals surface area contributed by atoms with E-state index in [0.717, 1.165) is 34.4 Å². The largest absolute Gasteiger partial charge is 2.00 e. The summed E-state index contributed by atoms with van der Waals surface area (Å²) < 4.78 is 3.56. The topological polar surface area (TPSA) is 77.5 Å². The average molecular weight is 686 g/mol. The molecule has 38 heavy (non-hydrogen) atoms. The summed E-state index contributed by atoms with van der Waals surface area (Å²) >= 11 is 0. The van der Waals surface area contributed by atoms with Gasteiger partial charge in [-0.15, -0.1) is 36.4 Å². The average Bonchev–Trinajstić information content (AvgIpc) is 3.58. The van der Waals surface area contributed by atoms with E-state index in [0.29, 0.717) is 5.95 Å². The van der Waals surface area contributed by atoms with Crippen molar-refractivity contribution in [1.29, 1.82) is 0 Å². The van der Waals surface area contributed by atoms with Crippen molar-refractivity contribution in [1.82, 2.24) is 34.5 Å². The van der Waals surface area contributed by atoms with Gasteiger partial charge in [-0.25, -0.2) is 4.98 Å². The minimum absolute atomic E-state index is 0. The maximum absolute atomic E-state index is 4.97. The van der Waals surface area contributed by atoms with Crippen LogP contribution in [-0.2, 0) is 31.9 Å². The molecule has 0 aliphatic rings. The molecule has 8 nitrogen and oxygen atoms in total. The van der Waals surface area contributed by atoms with Gasteiger partial charge in [0, 0.05) is 35.6 Å². The van der Waals surface area contributed by atoms with Gasteiger partial charge in [0.05, 0.1) is 0 Å². The van der Waals surface area contributed by atoms with Crippen LogP contribution in [0.4, 0.5) is 17.3 Å². The Labute approximate surface area is 238 Å². The van der Waals surface area contributed by atoms with Gasteiger partial charge in [0.2, 0.25) is 5.95 Å². The molecule has 5 rings (SSSR count). The number of nitrogens with zero attached hydrogens (tertiary/aromatic N) is 8. The molecule has 196 valence electrons. The van der Waals surface area contributed by atoms with Crippen LogP contribution in [0.15, 0.2) is 73.3 Å². The fourth-order valence-electron chi connectivity index (χ4n) is 3.72. The molecule has 9 heteroatoms. The quantitative estimate of drug-likeness (QED) is 0.215. The Balaban J connectivity index is 0.00000336. The van der Waals surface area contributed by atoms with Crippen LogP contribution in [0.25, 0.3) is 11.4 Å². The van der Waals surface area contributed by atoms with Crippen molar-refractivity contribution in [2.45, 2.75) is 52.4 Å². The first-order valence-corrected chi connectivity index (χ1v) is 12.2. The summed E-state index contributed by atoms with van der Waals surface area (Å²) in [4.78, 5) is 16.8. The third-order valence-electron chi connectivity index (χ3n) is 5.68. The number of anilines is 3. The first kappa shape index (κ1) is 27.4. The smallest absolute Gasteiger partial charge is 0.327 e. The minimum Gasteiger partial charge on any atom is -0.327 e. The van der Waals surface area contributed by atoms with Gasteiger partial charge in [0.25, 0.3) is 0 Å². The Morgan fingerprint density at radius 1 is 0.632 bits per heavy atom. The van der Waals surface area contributed by atoms with Gasteiger partial charge in [-0.05, 0) is 23.5 Å². The molecule has 3 aromatic heterocycles. The van der Waals surface area contributed by atoms with E-state index >= 15 is 0 Å². The van der Waals surface area contributed by atoms with Crippen LogP contribution in [0, 0.1) is 12.1 Å². The zero-order valence-electron chi connectivity index (χ0n) is 22.3. The van der Waals surface area contributed by atoms with Gasteiger partial charge >= 0.3 is 21.1 Å². The number of hydrogen-bond acceptors (Lipinski definition) is 6. The molecule has 0 atom stereocenters. The zero-order valence-corrected chi connectivity index (χ0v) is 24.6. The Morgan fingerprint density at radius 3 is 1.45 bits per heavy atom. The zero-order chi connectivity index (χ0) is 26.2. The van der Waals surface area contributed by atoms with E-state index < -0.39 is 0 Å². The van der Waals surface area contributed by atoms with Gasteiger partial charge in [-0.3, -0.25) is 9.36 Å². The molecule has 0 N–H and O–H groups in total. The molecule has 0 fully saturated rings. The number of aromatic nitrogens is 7. The summed E-state index contributed by atoms with van der Waals surface area (Å²) in [5, 5.41) is 8.76. The van der Waals surface area contributed by atoms with Gasteiger partial charge in [-0.2, -0.15) is 32.3 Å². The van der Waals surface area contributed by atoms with Crippen molar-refractivity contribution in [2.75, 3.05) is 4.90 Å². The molecule has 0 saturated carbocycles. The molecule has 0 radical (unpaired) electrons. The van der Waals surface area contributed by atoms with E-state index in [1.807, 2.05) is 65.8 Å². The monoisotopic (exact) mass is 685 g/mol. The Kier molecular flexibility index (Phi) is 7.65. The van der Waals surface area contributed by atoms with E-state index in [1.165, 1.54) is 0 Å². The summed E-state index contributed by atoms with van der Waals surface area (Å²) in [6.07, 6.45) is 7.28. The first-order valence-electron chi connectivity index (χ1n) is 12.2. The third kappa shape index (κ3) is 5.75. The molecule has 0 unspecified atom stereocenters. The SMILES string of the molecule is CC(C)(C)c1nc(N(c2[c-]c(-n3cccn3)ccc2)c2[c-]c(-n3cccn3)ccc2)nc(C(C)(C)C)n1.[Pt+2]. The van der Waals surface area contributed by atoms with E-state index in [4.69, 9.17) is 15.0 Å². The number of hydrogen-bond donors (Lipinski definition) is 0. The maximum atomic E-state index is 4.97. The molecule has 3 heterocycles. The van der Waals surface area contributed by atoms with Gasteiger partial charge in [0.1, 0.15) is 11.6 Å². The van der Waals surface area contributed by atoms with Crippen molar-refractivity contribution in [3.05, 3.63) is 97.1 Å². The Morgan fingerprint density at radius 2 is 1.08 bits per heavy atom. The molecule has 0 amide bonds. The van der Waals surface area contributed by atoms with E-state index in [1.54, 1.807) is 21.8 Å². The number of rotatable bonds is 5. The van der Waals surface area contributed by atoms with Crippen LogP contribution in [0.2, 0.25) is 0 Å². The molecule has 0 bridgehead atoms. The summed E-state index contributed by atoms with van der Waals surface area (Å²) in [5.41, 5.74) is 2.57. The predicted molar refractivity (Wildman–Crippen MR) is 144 cm³/mol. The summed E-state index contributed by atoms with van der Waals surface area (Å²) in [5.74, 6) is 1.95. The van der Waals surface area contributed by atoms with E-state index in [-0.39, 0.29) is 31.9 Å². The van der Waals surface area contributed by atoms with Crippen LogP contribution >= 0.6 is 0 Å². The van der Waals surface area contributed by atoms with Crippen molar-refractivity contribution < 1.29 is 21.1 Å². The molecule has 5 aromatic rings. The molecule has 0 aliphatic heterocycles. The Hall–Kier alpha value is -3.64. The number of benzene rings is 2. The second-order valence-electron chi connectivity index (χ2n) is 10.9. The van der Waals surface area contributed by atoms with Gasteiger partial charge in [-0.1, -0.05) is 52.9 Å². The van der Waals surface area contributed by atoms with Crippen molar-refractivity contribution in [3.8, 4) is 11.4 Å². The molecular weight excluding hydrogens is 655 g/mol. The molecular formula is C29H30N8Pt. The third-order valence-corrected chi connectivity index (χ3v) is 5.68. The van der Waals surface area contributed by atoms with Crippen molar-refractivity contribution in [2.24, 2.45) is 0 Å². The summed E-state index contributed by atoms with van der Waals surface area (Å²) in [6, 6.07) is 22.6. The van der Waals surface area contributed by atoms with E-state index in [9.17, 15) is 0 Å². The first-order chi connectivity index (χ1) is 17.6. The molecule has 2 aromatic carbocycles. The molecule has 0 spiro atoms. The second kappa shape index (κ2) is 10.6. The van der Waals surface area contributed by atoms with Crippen LogP contribution in [0.5, 0.6) is 0 Å². The van der Waals surface area contributed by atoms with Crippen molar-refractivity contribution >= 4 is 17.3 Å². The molecule has 0 aliphatic carbocycles. The summed E-state index contributed by atoms with van der Waals surface area (Å²) in [7, 11) is 0. The van der Waals surface area contributed by atoms with Gasteiger partial charge < -0.3 is 4.90 Å². The Bertz CT molecular complexity index is 1390. The van der Waals surface area contributed by atoms with Crippen LogP contribution in [-0.4, -0.2) is 34.5 Å². The van der Waals surface area contributed by atoms with Crippen LogP contribution in [0.1, 0.15) is 53.2 Å².